The molecule has 0 aliphatic carbocycles. The quantitative estimate of drug-likeness (QED) is 0.693. The molecule has 1 aliphatic rings. The Bertz CT molecular complexity index is 150. The number of hydrogen-bond donors (Lipinski definition) is 0. The van der Waals surface area contributed by atoms with Gasteiger partial charge in [-0.1, -0.05) is 43.1 Å². The Morgan fingerprint density at radius 3 is 2.38 bits per heavy atom. The van der Waals surface area contributed by atoms with Crippen LogP contribution in [-0.4, -0.2) is 28.9 Å². The highest BCUT2D eigenvalue weighted by molar-refractivity contribution is 9.09. The third-order valence-electron chi connectivity index (χ3n) is 3.59. The molecule has 0 aromatic heterocycles. The maximum atomic E-state index is 3.74. The van der Waals surface area contributed by atoms with Crippen LogP contribution < -0.4 is 0 Å². The summed E-state index contributed by atoms with van der Waals surface area (Å²) >= 11 is 3.74. The average molecular weight is 248 g/mol. The fourth-order valence-corrected chi connectivity index (χ4v) is 2.54. The van der Waals surface area contributed by atoms with Crippen LogP contribution >= 0.6 is 15.9 Å². The van der Waals surface area contributed by atoms with Crippen LogP contribution in [0.5, 0.6) is 0 Å². The lowest BCUT2D eigenvalue weighted by Gasteiger charge is -2.28. The van der Waals surface area contributed by atoms with Gasteiger partial charge in [0.25, 0.3) is 0 Å². The zero-order valence-corrected chi connectivity index (χ0v) is 10.8. The Morgan fingerprint density at radius 2 is 2.00 bits per heavy atom. The first-order valence-electron chi connectivity index (χ1n) is 5.44. The molecule has 1 fully saturated rings. The molecule has 1 saturated heterocycles. The average Bonchev–Trinajstić information content (AvgIpc) is 2.44. The summed E-state index contributed by atoms with van der Waals surface area (Å²) in [6.45, 7) is 11.8. The van der Waals surface area contributed by atoms with Crippen LogP contribution in [-0.2, 0) is 0 Å². The van der Waals surface area contributed by atoms with Gasteiger partial charge in [0.15, 0.2) is 0 Å². The van der Waals surface area contributed by atoms with E-state index in [0.29, 0.717) is 4.83 Å². The SMILES string of the molecule is CCC(C)C(C)N1CC(C)C(Br)C1. The molecule has 0 radical (unpaired) electrons. The number of likely N-dealkylation sites (tertiary alicyclic amines) is 1. The van der Waals surface area contributed by atoms with Crippen LogP contribution in [0.15, 0.2) is 0 Å². The molecule has 0 aromatic carbocycles. The standard InChI is InChI=1S/C11H22BrN/c1-5-8(2)10(4)13-6-9(3)11(12)7-13/h8-11H,5-7H2,1-4H3. The van der Waals surface area contributed by atoms with Crippen molar-refractivity contribution in [3.05, 3.63) is 0 Å². The minimum absolute atomic E-state index is 0.707. The van der Waals surface area contributed by atoms with E-state index in [4.69, 9.17) is 0 Å². The predicted octanol–water partition coefficient (Wildman–Crippen LogP) is 3.14. The minimum atomic E-state index is 0.707. The van der Waals surface area contributed by atoms with Gasteiger partial charge in [0.2, 0.25) is 0 Å². The van der Waals surface area contributed by atoms with Crippen molar-refractivity contribution >= 4 is 15.9 Å². The van der Waals surface area contributed by atoms with Crippen LogP contribution in [0.3, 0.4) is 0 Å². The highest BCUT2D eigenvalue weighted by Gasteiger charge is 2.31. The lowest BCUT2D eigenvalue weighted by atomic mass is 10.00. The van der Waals surface area contributed by atoms with Crippen molar-refractivity contribution in [3.8, 4) is 0 Å². The second kappa shape index (κ2) is 4.79. The predicted molar refractivity (Wildman–Crippen MR) is 62.4 cm³/mol. The molecule has 0 N–H and O–H groups in total. The highest BCUT2D eigenvalue weighted by Crippen LogP contribution is 2.27. The van der Waals surface area contributed by atoms with Crippen molar-refractivity contribution in [2.75, 3.05) is 13.1 Å². The van der Waals surface area contributed by atoms with Crippen molar-refractivity contribution in [1.82, 2.24) is 4.90 Å². The normalized spacial score (nSPS) is 34.8. The van der Waals surface area contributed by atoms with E-state index in [2.05, 4.69) is 48.5 Å². The topological polar surface area (TPSA) is 3.24 Å². The zero-order chi connectivity index (χ0) is 10.0. The molecule has 1 rings (SSSR count). The van der Waals surface area contributed by atoms with Gasteiger partial charge in [0, 0.05) is 24.0 Å². The van der Waals surface area contributed by atoms with Gasteiger partial charge in [-0.3, -0.25) is 4.90 Å². The molecule has 0 aromatic rings. The highest BCUT2D eigenvalue weighted by atomic mass is 79.9. The van der Waals surface area contributed by atoms with Gasteiger partial charge in [0.05, 0.1) is 0 Å². The summed E-state index contributed by atoms with van der Waals surface area (Å²) in [6.07, 6.45) is 1.29. The lowest BCUT2D eigenvalue weighted by molar-refractivity contribution is 0.190. The van der Waals surface area contributed by atoms with Crippen LogP contribution in [0.25, 0.3) is 0 Å². The monoisotopic (exact) mass is 247 g/mol. The number of nitrogens with zero attached hydrogens (tertiary/aromatic N) is 1. The van der Waals surface area contributed by atoms with Crippen molar-refractivity contribution in [3.63, 3.8) is 0 Å². The second-order valence-corrected chi connectivity index (χ2v) is 5.75. The lowest BCUT2D eigenvalue weighted by Crippen LogP contribution is -2.35. The molecular formula is C11H22BrN. The number of hydrogen-bond acceptors (Lipinski definition) is 1. The molecule has 78 valence electrons. The molecule has 1 nitrogen and oxygen atoms in total. The largest absolute Gasteiger partial charge is 0.299 e. The van der Waals surface area contributed by atoms with Gasteiger partial charge in [-0.05, 0) is 18.8 Å². The maximum absolute atomic E-state index is 3.74. The number of alkyl halides is 1. The first-order chi connectivity index (χ1) is 6.06. The summed E-state index contributed by atoms with van der Waals surface area (Å²) in [7, 11) is 0. The molecule has 2 heteroatoms. The second-order valence-electron chi connectivity index (χ2n) is 4.57. The number of halogens is 1. The first kappa shape index (κ1) is 11.5. The Balaban J connectivity index is 2.45. The van der Waals surface area contributed by atoms with E-state index in [1.165, 1.54) is 19.5 Å². The molecule has 0 spiro atoms. The molecule has 0 bridgehead atoms. The van der Waals surface area contributed by atoms with Gasteiger partial charge in [-0.2, -0.15) is 0 Å². The molecule has 0 saturated carbocycles. The number of rotatable bonds is 3. The molecule has 4 atom stereocenters. The summed E-state index contributed by atoms with van der Waals surface area (Å²) in [6, 6.07) is 0.745. The fourth-order valence-electron chi connectivity index (χ4n) is 2.00. The van der Waals surface area contributed by atoms with Gasteiger partial charge in [-0.25, -0.2) is 0 Å². The van der Waals surface area contributed by atoms with Gasteiger partial charge >= 0.3 is 0 Å². The van der Waals surface area contributed by atoms with E-state index >= 15 is 0 Å². The summed E-state index contributed by atoms with van der Waals surface area (Å²) in [4.78, 5) is 3.33. The van der Waals surface area contributed by atoms with E-state index in [9.17, 15) is 0 Å². The zero-order valence-electron chi connectivity index (χ0n) is 9.26. The summed E-state index contributed by atoms with van der Waals surface area (Å²) in [5, 5.41) is 0. The van der Waals surface area contributed by atoms with Crippen LogP contribution in [0.1, 0.15) is 34.1 Å². The molecule has 0 amide bonds. The van der Waals surface area contributed by atoms with E-state index in [1.54, 1.807) is 0 Å². The van der Waals surface area contributed by atoms with Crippen molar-refractivity contribution in [2.24, 2.45) is 11.8 Å². The Hall–Kier alpha value is 0.440. The smallest absolute Gasteiger partial charge is 0.0311 e. The Morgan fingerprint density at radius 1 is 1.38 bits per heavy atom. The van der Waals surface area contributed by atoms with Crippen molar-refractivity contribution < 1.29 is 0 Å². The maximum Gasteiger partial charge on any atom is 0.0311 e. The molecule has 1 aliphatic heterocycles. The third-order valence-corrected chi connectivity index (χ3v) is 4.78. The van der Waals surface area contributed by atoms with Crippen molar-refractivity contribution in [2.45, 2.75) is 45.0 Å². The van der Waals surface area contributed by atoms with Gasteiger partial charge in [0.1, 0.15) is 0 Å². The summed E-state index contributed by atoms with van der Waals surface area (Å²) in [5.41, 5.74) is 0. The first-order valence-corrected chi connectivity index (χ1v) is 6.36. The van der Waals surface area contributed by atoms with E-state index in [1.807, 2.05) is 0 Å². The van der Waals surface area contributed by atoms with E-state index in [0.717, 1.165) is 17.9 Å². The van der Waals surface area contributed by atoms with E-state index < -0.39 is 0 Å². The third kappa shape index (κ3) is 2.69. The fraction of sp³-hybridized carbons (Fsp3) is 1.00. The summed E-state index contributed by atoms with van der Waals surface area (Å²) < 4.78 is 0. The van der Waals surface area contributed by atoms with Crippen molar-refractivity contribution in [1.29, 1.82) is 0 Å². The molecular weight excluding hydrogens is 226 g/mol. The minimum Gasteiger partial charge on any atom is -0.299 e. The van der Waals surface area contributed by atoms with Gasteiger partial charge in [-0.15, -0.1) is 0 Å². The van der Waals surface area contributed by atoms with Crippen LogP contribution in [0.2, 0.25) is 0 Å². The van der Waals surface area contributed by atoms with Crippen LogP contribution in [0.4, 0.5) is 0 Å². The molecule has 1 heterocycles. The molecule has 13 heavy (non-hydrogen) atoms. The van der Waals surface area contributed by atoms with Gasteiger partial charge < -0.3 is 0 Å². The van der Waals surface area contributed by atoms with E-state index in [-0.39, 0.29) is 0 Å². The molecule has 4 unspecified atom stereocenters. The summed E-state index contributed by atoms with van der Waals surface area (Å²) in [5.74, 6) is 1.64. The Labute approximate surface area is 91.0 Å². The Kier molecular flexibility index (Phi) is 4.24. The van der Waals surface area contributed by atoms with Crippen LogP contribution in [0, 0.1) is 11.8 Å².